The number of hydrogen-bond donors (Lipinski definition) is 1. The van der Waals surface area contributed by atoms with E-state index in [-0.39, 0.29) is 24.9 Å². The van der Waals surface area contributed by atoms with Gasteiger partial charge in [0.1, 0.15) is 0 Å². The minimum atomic E-state index is -5.43. The molecule has 276 valence electrons. The summed E-state index contributed by atoms with van der Waals surface area (Å²) in [7, 11) is -4.83. The highest BCUT2D eigenvalue weighted by Gasteiger charge is 2.67. The number of rotatable bonds is 12. The molecule has 0 amide bonds. The molecule has 9 atom stereocenters. The Hall–Kier alpha value is -1.91. The van der Waals surface area contributed by atoms with Gasteiger partial charge in [0.2, 0.25) is 10.0 Å². The van der Waals surface area contributed by atoms with Gasteiger partial charge < -0.3 is 9.47 Å². The quantitative estimate of drug-likeness (QED) is 0.133. The zero-order valence-electron chi connectivity index (χ0n) is 30.5. The maximum absolute atomic E-state index is 15.0. The van der Waals surface area contributed by atoms with E-state index in [0.29, 0.717) is 35.5 Å². The second-order valence-electron chi connectivity index (χ2n) is 16.6. The number of halogens is 3. The number of carbonyl (C=O) groups excluding carboxylic acids is 1. The van der Waals surface area contributed by atoms with E-state index < -0.39 is 38.9 Å². The van der Waals surface area contributed by atoms with Crippen molar-refractivity contribution in [1.82, 2.24) is 4.72 Å². The molecular formula is C39H58F3NO5S. The van der Waals surface area contributed by atoms with Crippen LogP contribution in [-0.4, -0.2) is 39.0 Å². The SMILES string of the molecule is CCOC(=O)[C@@](NS(=O)(=O)c1ccc(C)cc1)(O[C@H]1CC[C@@]2(C)C(=CC[C@H]3[C@@H]4CC[C@H]([C@H](C)CCCC(C)C)[C@@]4(C)CC[C@@H]32)C1)C(F)(F)F. The van der Waals surface area contributed by atoms with Gasteiger partial charge in [0.05, 0.1) is 17.6 Å². The molecule has 0 bridgehead atoms. The fourth-order valence-corrected chi connectivity index (χ4v) is 11.8. The molecule has 0 radical (unpaired) electrons. The molecule has 10 heteroatoms. The second-order valence-corrected chi connectivity index (χ2v) is 18.3. The molecule has 0 spiro atoms. The van der Waals surface area contributed by atoms with E-state index in [2.05, 4.69) is 40.7 Å². The number of sulfonamides is 1. The van der Waals surface area contributed by atoms with Crippen LogP contribution in [0.3, 0.4) is 0 Å². The van der Waals surface area contributed by atoms with Gasteiger partial charge in [-0.05, 0) is 124 Å². The largest absolute Gasteiger partial charge is 0.463 e. The predicted molar refractivity (Wildman–Crippen MR) is 185 cm³/mol. The first-order chi connectivity index (χ1) is 22.9. The third-order valence-corrected chi connectivity index (χ3v) is 14.6. The zero-order valence-corrected chi connectivity index (χ0v) is 31.3. The monoisotopic (exact) mass is 709 g/mol. The Labute approximate surface area is 292 Å². The van der Waals surface area contributed by atoms with Crippen LogP contribution in [0.4, 0.5) is 13.2 Å². The summed E-state index contributed by atoms with van der Waals surface area (Å²) >= 11 is 0. The van der Waals surface area contributed by atoms with Crippen molar-refractivity contribution in [3.63, 3.8) is 0 Å². The van der Waals surface area contributed by atoms with Crippen LogP contribution in [0, 0.1) is 53.3 Å². The second kappa shape index (κ2) is 14.3. The van der Waals surface area contributed by atoms with E-state index in [9.17, 15) is 13.2 Å². The number of aryl methyl sites for hydroxylation is 1. The molecule has 3 saturated carbocycles. The van der Waals surface area contributed by atoms with Crippen LogP contribution in [0.5, 0.6) is 0 Å². The van der Waals surface area contributed by atoms with E-state index in [1.54, 1.807) is 11.6 Å². The number of fused-ring (bicyclic) bond motifs is 5. The molecule has 0 heterocycles. The fourth-order valence-electron chi connectivity index (χ4n) is 10.6. The van der Waals surface area contributed by atoms with Crippen LogP contribution in [0.1, 0.15) is 118 Å². The van der Waals surface area contributed by atoms with Crippen molar-refractivity contribution >= 4 is 16.0 Å². The van der Waals surface area contributed by atoms with Crippen LogP contribution < -0.4 is 4.72 Å². The normalized spacial score (nSPS) is 33.5. The minimum absolute atomic E-state index is 0.169. The fraction of sp³-hybridized carbons (Fsp3) is 0.769. The van der Waals surface area contributed by atoms with Crippen molar-refractivity contribution < 1.29 is 35.9 Å². The summed E-state index contributed by atoms with van der Waals surface area (Å²) in [6.07, 6.45) is 6.46. The lowest BCUT2D eigenvalue weighted by atomic mass is 9.47. The molecule has 4 aliphatic carbocycles. The summed E-state index contributed by atoms with van der Waals surface area (Å²) in [6, 6.07) is 5.37. The molecule has 1 aromatic carbocycles. The summed E-state index contributed by atoms with van der Waals surface area (Å²) in [6.45, 7) is 14.6. The predicted octanol–water partition coefficient (Wildman–Crippen LogP) is 9.52. The van der Waals surface area contributed by atoms with Crippen molar-refractivity contribution in [3.8, 4) is 0 Å². The third kappa shape index (κ3) is 7.26. The number of carbonyl (C=O) groups is 1. The van der Waals surface area contributed by atoms with Crippen molar-refractivity contribution in [2.24, 2.45) is 46.3 Å². The lowest BCUT2D eigenvalue weighted by Crippen LogP contribution is -2.67. The van der Waals surface area contributed by atoms with E-state index >= 15 is 13.2 Å². The number of benzene rings is 1. The van der Waals surface area contributed by atoms with Crippen molar-refractivity contribution in [2.75, 3.05) is 6.61 Å². The topological polar surface area (TPSA) is 81.7 Å². The van der Waals surface area contributed by atoms with E-state index in [0.717, 1.165) is 35.8 Å². The van der Waals surface area contributed by atoms with Crippen molar-refractivity contribution in [3.05, 3.63) is 41.5 Å². The summed E-state index contributed by atoms with van der Waals surface area (Å²) < 4.78 is 84.0. The number of alkyl halides is 3. The Morgan fingerprint density at radius 2 is 1.69 bits per heavy atom. The summed E-state index contributed by atoms with van der Waals surface area (Å²) in [5.41, 5.74) is -1.93. The number of ether oxygens (including phenoxy) is 2. The van der Waals surface area contributed by atoms with Crippen LogP contribution in [-0.2, 0) is 24.3 Å². The van der Waals surface area contributed by atoms with Crippen LogP contribution in [0.25, 0.3) is 0 Å². The first-order valence-corrected chi connectivity index (χ1v) is 20.1. The molecule has 0 aliphatic heterocycles. The minimum Gasteiger partial charge on any atom is -0.463 e. The molecule has 49 heavy (non-hydrogen) atoms. The maximum Gasteiger partial charge on any atom is 0.443 e. The van der Waals surface area contributed by atoms with Gasteiger partial charge in [0, 0.05) is 0 Å². The van der Waals surface area contributed by atoms with Gasteiger partial charge in [-0.3, -0.25) is 0 Å². The molecule has 4 aliphatic rings. The summed E-state index contributed by atoms with van der Waals surface area (Å²) in [4.78, 5) is 12.8. The molecule has 3 fully saturated rings. The third-order valence-electron chi connectivity index (χ3n) is 13.2. The lowest BCUT2D eigenvalue weighted by Gasteiger charge is -2.58. The Bertz CT molecular complexity index is 1480. The molecule has 1 aromatic rings. The molecule has 0 unspecified atom stereocenters. The van der Waals surface area contributed by atoms with Crippen molar-refractivity contribution in [1.29, 1.82) is 0 Å². The highest BCUT2D eigenvalue weighted by Crippen LogP contribution is 2.67. The van der Waals surface area contributed by atoms with Gasteiger partial charge in [-0.2, -0.15) is 17.9 Å². The Morgan fingerprint density at radius 1 is 1.00 bits per heavy atom. The number of allylic oxidation sites excluding steroid dienone is 1. The van der Waals surface area contributed by atoms with E-state index in [1.165, 1.54) is 69.7 Å². The number of esters is 1. The van der Waals surface area contributed by atoms with E-state index in [4.69, 9.17) is 9.47 Å². The number of hydrogen-bond acceptors (Lipinski definition) is 5. The molecule has 1 N–H and O–H groups in total. The molecular weight excluding hydrogens is 651 g/mol. The summed E-state index contributed by atoms with van der Waals surface area (Å²) in [5.74, 6) is 1.99. The van der Waals surface area contributed by atoms with Crippen molar-refractivity contribution in [2.45, 2.75) is 142 Å². The van der Waals surface area contributed by atoms with Gasteiger partial charge in [-0.15, -0.1) is 0 Å². The average molecular weight is 710 g/mol. The van der Waals surface area contributed by atoms with Gasteiger partial charge in [-0.25, -0.2) is 13.2 Å². The Balaban J connectivity index is 1.37. The average Bonchev–Trinajstić information content (AvgIpc) is 3.37. The molecule has 6 nitrogen and oxygen atoms in total. The van der Waals surface area contributed by atoms with E-state index in [1.807, 2.05) is 0 Å². The Kier molecular flexibility index (Phi) is 11.1. The van der Waals surface area contributed by atoms with Gasteiger partial charge in [-0.1, -0.05) is 83.2 Å². The standard InChI is InChI=1S/C39H58F3NO5S/c1-8-47-35(44)38(39(40,41)42,43-49(45,46)30-15-12-26(4)13-16-30)48-29-20-22-36(6)28(24-29)14-17-31-33-19-18-32(27(5)11-9-10-25(2)3)37(33,7)23-21-34(31)36/h12-16,25,27,29,31-34,43H,8-11,17-24H2,1-7H3/t27-,29+,31+,32-,33+,34+,36+,37-,38-/m1/s1. The first-order valence-electron chi connectivity index (χ1n) is 18.6. The van der Waals surface area contributed by atoms with Crippen LogP contribution in [0.15, 0.2) is 40.8 Å². The molecule has 0 aromatic heterocycles. The molecule has 0 saturated heterocycles. The zero-order chi connectivity index (χ0) is 36.0. The smallest absolute Gasteiger partial charge is 0.443 e. The van der Waals surface area contributed by atoms with Gasteiger partial charge in [0.25, 0.3) is 0 Å². The van der Waals surface area contributed by atoms with Gasteiger partial charge >= 0.3 is 17.9 Å². The molecule has 5 rings (SSSR count). The highest BCUT2D eigenvalue weighted by atomic mass is 32.2. The van der Waals surface area contributed by atoms with Crippen LogP contribution >= 0.6 is 0 Å². The van der Waals surface area contributed by atoms with Crippen LogP contribution in [0.2, 0.25) is 0 Å². The lowest BCUT2D eigenvalue weighted by molar-refractivity contribution is -0.295. The first kappa shape index (κ1) is 38.3. The number of nitrogens with one attached hydrogen (secondary N) is 1. The van der Waals surface area contributed by atoms with Gasteiger partial charge in [0.15, 0.2) is 0 Å². The highest BCUT2D eigenvalue weighted by molar-refractivity contribution is 7.89. The maximum atomic E-state index is 15.0. The summed E-state index contributed by atoms with van der Waals surface area (Å²) in [5, 5.41) is 0. The Morgan fingerprint density at radius 3 is 2.33 bits per heavy atom.